The highest BCUT2D eigenvalue weighted by atomic mass is 16.4. The molecule has 0 bridgehead atoms. The van der Waals surface area contributed by atoms with Crippen LogP contribution in [-0.2, 0) is 0 Å². The van der Waals surface area contributed by atoms with E-state index in [2.05, 4.69) is 31.0 Å². The number of benzene rings is 1. The Bertz CT molecular complexity index is 559. The lowest BCUT2D eigenvalue weighted by Gasteiger charge is -2.07. The summed E-state index contributed by atoms with van der Waals surface area (Å²) in [5.41, 5.74) is 3.13. The van der Waals surface area contributed by atoms with Gasteiger partial charge in [0.15, 0.2) is 0 Å². The second-order valence-electron chi connectivity index (χ2n) is 4.51. The molecule has 0 spiro atoms. The fourth-order valence-corrected chi connectivity index (χ4v) is 1.76. The molecule has 0 fully saturated rings. The van der Waals surface area contributed by atoms with Crippen molar-refractivity contribution in [2.75, 3.05) is 0 Å². The van der Waals surface area contributed by atoms with Crippen LogP contribution in [-0.4, -0.2) is 16.1 Å². The van der Waals surface area contributed by atoms with Crippen molar-refractivity contribution in [3.8, 4) is 11.3 Å². The molecular formula is C15H15NO2. The number of hydrogen-bond acceptors (Lipinski definition) is 2. The van der Waals surface area contributed by atoms with Gasteiger partial charge in [-0.2, -0.15) is 0 Å². The Hall–Kier alpha value is -2.16. The number of nitrogens with zero attached hydrogens (tertiary/aromatic N) is 1. The minimum atomic E-state index is -0.933. The van der Waals surface area contributed by atoms with Crippen LogP contribution in [0.15, 0.2) is 42.6 Å². The van der Waals surface area contributed by atoms with E-state index in [1.165, 1.54) is 17.8 Å². The predicted octanol–water partition coefficient (Wildman–Crippen LogP) is 3.57. The lowest BCUT2D eigenvalue weighted by Crippen LogP contribution is -1.97. The summed E-state index contributed by atoms with van der Waals surface area (Å²) >= 11 is 0. The predicted molar refractivity (Wildman–Crippen MR) is 70.7 cm³/mol. The number of aromatic carboxylic acids is 1. The molecule has 0 amide bonds. The van der Waals surface area contributed by atoms with E-state index in [-0.39, 0.29) is 5.56 Å². The molecule has 1 aromatic carbocycles. The molecule has 3 nitrogen and oxygen atoms in total. The van der Waals surface area contributed by atoms with E-state index >= 15 is 0 Å². The van der Waals surface area contributed by atoms with Gasteiger partial charge in [-0.1, -0.05) is 38.1 Å². The molecule has 1 heterocycles. The molecule has 0 aliphatic rings. The third-order valence-corrected chi connectivity index (χ3v) is 2.88. The minimum Gasteiger partial charge on any atom is -0.478 e. The van der Waals surface area contributed by atoms with Crippen LogP contribution in [0.4, 0.5) is 0 Å². The largest absolute Gasteiger partial charge is 0.478 e. The van der Waals surface area contributed by atoms with E-state index in [0.29, 0.717) is 11.6 Å². The standard InChI is InChI=1S/C15H15NO2/c1-10(2)11-3-5-12(6-4-11)14-9-13(15(17)18)7-8-16-14/h3-10H,1-2H3,(H,17,18). The minimum absolute atomic E-state index is 0.257. The summed E-state index contributed by atoms with van der Waals surface area (Å²) in [5, 5.41) is 8.95. The van der Waals surface area contributed by atoms with Crippen LogP contribution >= 0.6 is 0 Å². The van der Waals surface area contributed by atoms with Crippen molar-refractivity contribution in [2.24, 2.45) is 0 Å². The molecule has 1 aromatic heterocycles. The van der Waals surface area contributed by atoms with Crippen LogP contribution in [0.25, 0.3) is 11.3 Å². The zero-order valence-electron chi connectivity index (χ0n) is 10.4. The highest BCUT2D eigenvalue weighted by Crippen LogP contribution is 2.21. The van der Waals surface area contributed by atoms with Gasteiger partial charge in [0.25, 0.3) is 0 Å². The first-order valence-electron chi connectivity index (χ1n) is 5.87. The first kappa shape index (κ1) is 12.3. The van der Waals surface area contributed by atoms with E-state index in [1.54, 1.807) is 6.07 Å². The summed E-state index contributed by atoms with van der Waals surface area (Å²) in [7, 11) is 0. The van der Waals surface area contributed by atoms with E-state index in [1.807, 2.05) is 12.1 Å². The zero-order chi connectivity index (χ0) is 13.1. The summed E-state index contributed by atoms with van der Waals surface area (Å²) in [6.45, 7) is 4.27. The molecule has 0 radical (unpaired) electrons. The van der Waals surface area contributed by atoms with Crippen molar-refractivity contribution in [2.45, 2.75) is 19.8 Å². The molecule has 18 heavy (non-hydrogen) atoms. The number of rotatable bonds is 3. The van der Waals surface area contributed by atoms with Crippen LogP contribution in [0.3, 0.4) is 0 Å². The van der Waals surface area contributed by atoms with Crippen molar-refractivity contribution in [1.29, 1.82) is 0 Å². The molecule has 0 saturated heterocycles. The molecule has 92 valence electrons. The monoisotopic (exact) mass is 241 g/mol. The molecule has 1 N–H and O–H groups in total. The maximum Gasteiger partial charge on any atom is 0.335 e. The van der Waals surface area contributed by atoms with Crippen LogP contribution in [0.2, 0.25) is 0 Å². The van der Waals surface area contributed by atoms with Crippen LogP contribution in [0.5, 0.6) is 0 Å². The van der Waals surface area contributed by atoms with Crippen molar-refractivity contribution in [1.82, 2.24) is 4.98 Å². The Morgan fingerprint density at radius 2 is 1.83 bits per heavy atom. The Balaban J connectivity index is 2.36. The van der Waals surface area contributed by atoms with Gasteiger partial charge in [-0.3, -0.25) is 4.98 Å². The number of hydrogen-bond donors (Lipinski definition) is 1. The maximum absolute atomic E-state index is 10.9. The Kier molecular flexibility index (Phi) is 3.42. The SMILES string of the molecule is CC(C)c1ccc(-c2cc(C(=O)O)ccn2)cc1. The number of carbonyl (C=O) groups is 1. The van der Waals surface area contributed by atoms with Gasteiger partial charge in [0.2, 0.25) is 0 Å². The summed E-state index contributed by atoms with van der Waals surface area (Å²) in [6, 6.07) is 11.1. The van der Waals surface area contributed by atoms with Crippen LogP contribution in [0.1, 0.15) is 35.7 Å². The van der Waals surface area contributed by atoms with Gasteiger partial charge in [-0.25, -0.2) is 4.79 Å². The van der Waals surface area contributed by atoms with Crippen LogP contribution in [0, 0.1) is 0 Å². The second-order valence-corrected chi connectivity index (χ2v) is 4.51. The average molecular weight is 241 g/mol. The van der Waals surface area contributed by atoms with E-state index < -0.39 is 5.97 Å². The summed E-state index contributed by atoms with van der Waals surface area (Å²) in [5.74, 6) is -0.449. The highest BCUT2D eigenvalue weighted by molar-refractivity contribution is 5.88. The van der Waals surface area contributed by atoms with Gasteiger partial charge in [0, 0.05) is 11.8 Å². The molecule has 2 aromatic rings. The fourth-order valence-electron chi connectivity index (χ4n) is 1.76. The fraction of sp³-hybridized carbons (Fsp3) is 0.200. The summed E-state index contributed by atoms with van der Waals surface area (Å²) < 4.78 is 0. The number of carboxylic acid groups (broad SMARTS) is 1. The maximum atomic E-state index is 10.9. The normalized spacial score (nSPS) is 10.6. The number of pyridine rings is 1. The molecular weight excluding hydrogens is 226 g/mol. The molecule has 3 heteroatoms. The smallest absolute Gasteiger partial charge is 0.335 e. The number of carboxylic acids is 1. The first-order valence-corrected chi connectivity index (χ1v) is 5.87. The van der Waals surface area contributed by atoms with Gasteiger partial charge in [-0.15, -0.1) is 0 Å². The third-order valence-electron chi connectivity index (χ3n) is 2.88. The Morgan fingerprint density at radius 3 is 2.39 bits per heavy atom. The summed E-state index contributed by atoms with van der Waals surface area (Å²) in [6.07, 6.45) is 1.52. The summed E-state index contributed by atoms with van der Waals surface area (Å²) in [4.78, 5) is 15.1. The van der Waals surface area contributed by atoms with Crippen molar-refractivity contribution in [3.05, 3.63) is 53.7 Å². The Labute approximate surface area is 106 Å². The van der Waals surface area contributed by atoms with Gasteiger partial charge in [0.1, 0.15) is 0 Å². The van der Waals surface area contributed by atoms with Crippen molar-refractivity contribution < 1.29 is 9.90 Å². The number of aromatic nitrogens is 1. The third kappa shape index (κ3) is 2.56. The van der Waals surface area contributed by atoms with Gasteiger partial charge >= 0.3 is 5.97 Å². The van der Waals surface area contributed by atoms with Gasteiger partial charge in [0.05, 0.1) is 11.3 Å². The molecule has 0 unspecified atom stereocenters. The lowest BCUT2D eigenvalue weighted by atomic mass is 10.0. The Morgan fingerprint density at radius 1 is 1.17 bits per heavy atom. The van der Waals surface area contributed by atoms with Crippen molar-refractivity contribution in [3.63, 3.8) is 0 Å². The van der Waals surface area contributed by atoms with Gasteiger partial charge in [-0.05, 0) is 23.6 Å². The van der Waals surface area contributed by atoms with E-state index in [9.17, 15) is 4.79 Å². The molecule has 0 aliphatic heterocycles. The lowest BCUT2D eigenvalue weighted by molar-refractivity contribution is 0.0697. The first-order chi connectivity index (χ1) is 8.58. The van der Waals surface area contributed by atoms with E-state index in [0.717, 1.165) is 5.56 Å². The quantitative estimate of drug-likeness (QED) is 0.893. The highest BCUT2D eigenvalue weighted by Gasteiger charge is 2.06. The van der Waals surface area contributed by atoms with Crippen molar-refractivity contribution >= 4 is 5.97 Å². The molecule has 0 aliphatic carbocycles. The van der Waals surface area contributed by atoms with Crippen LogP contribution < -0.4 is 0 Å². The molecule has 0 saturated carbocycles. The van der Waals surface area contributed by atoms with E-state index in [4.69, 9.17) is 5.11 Å². The molecule has 0 atom stereocenters. The zero-order valence-corrected chi connectivity index (χ0v) is 10.4. The molecule has 2 rings (SSSR count). The topological polar surface area (TPSA) is 50.2 Å². The average Bonchev–Trinajstić information content (AvgIpc) is 2.39. The second kappa shape index (κ2) is 5.00. The van der Waals surface area contributed by atoms with Gasteiger partial charge < -0.3 is 5.11 Å².